The van der Waals surface area contributed by atoms with Gasteiger partial charge in [-0.15, -0.1) is 0 Å². The maximum atomic E-state index is 12.8. The first-order valence-electron chi connectivity index (χ1n) is 24.1. The van der Waals surface area contributed by atoms with Gasteiger partial charge in [-0.1, -0.05) is 185 Å². The van der Waals surface area contributed by atoms with Gasteiger partial charge in [-0.3, -0.25) is 14.4 Å². The van der Waals surface area contributed by atoms with Crippen LogP contribution in [-0.2, 0) is 19.1 Å². The van der Waals surface area contributed by atoms with Gasteiger partial charge in [0.05, 0.1) is 0 Å². The molecule has 0 aliphatic heterocycles. The highest BCUT2D eigenvalue weighted by Gasteiger charge is 2.14. The molecule has 0 fully saturated rings. The summed E-state index contributed by atoms with van der Waals surface area (Å²) in [4.78, 5) is 35.1. The van der Waals surface area contributed by atoms with Gasteiger partial charge >= 0.3 is 11.9 Å². The Labute approximate surface area is 346 Å². The van der Waals surface area contributed by atoms with E-state index < -0.39 is 5.97 Å². The molecule has 0 aromatic heterocycles. The van der Waals surface area contributed by atoms with E-state index in [0.29, 0.717) is 12.8 Å². The number of esters is 1. The molecule has 0 aliphatic rings. The van der Waals surface area contributed by atoms with Gasteiger partial charge in [0.2, 0.25) is 5.91 Å². The number of carbonyl (C=O) groups excluding carboxylic acids is 2. The predicted molar refractivity (Wildman–Crippen MR) is 240 cm³/mol. The Bertz CT molecular complexity index is 957. The molecule has 0 spiro atoms. The van der Waals surface area contributed by atoms with Gasteiger partial charge < -0.3 is 15.2 Å². The van der Waals surface area contributed by atoms with Crippen molar-refractivity contribution in [1.82, 2.24) is 5.32 Å². The minimum atomic E-state index is -1.02. The minimum Gasteiger partial charge on any atom is -0.480 e. The molecule has 1 unspecified atom stereocenters. The number of carboxylic acid groups (broad SMARTS) is 1. The van der Waals surface area contributed by atoms with E-state index in [-0.39, 0.29) is 24.5 Å². The van der Waals surface area contributed by atoms with Crippen LogP contribution in [0.1, 0.15) is 251 Å². The fourth-order valence-electron chi connectivity index (χ4n) is 7.19. The normalized spacial score (nSPS) is 12.3. The van der Waals surface area contributed by atoms with Crippen LogP contribution in [-0.4, -0.2) is 35.6 Å². The van der Waals surface area contributed by atoms with E-state index in [1.807, 2.05) is 0 Å². The van der Waals surface area contributed by atoms with E-state index >= 15 is 0 Å². The van der Waals surface area contributed by atoms with Gasteiger partial charge in [-0.25, -0.2) is 0 Å². The van der Waals surface area contributed by atoms with E-state index in [0.717, 1.165) is 77.0 Å². The Kier molecular flexibility index (Phi) is 43.4. The van der Waals surface area contributed by atoms with Crippen molar-refractivity contribution in [3.05, 3.63) is 36.5 Å². The first-order chi connectivity index (χ1) is 27.5. The molecule has 0 saturated heterocycles. The van der Waals surface area contributed by atoms with Crippen molar-refractivity contribution in [3.63, 3.8) is 0 Å². The average Bonchev–Trinajstić information content (AvgIpc) is 3.18. The molecule has 0 rings (SSSR count). The lowest BCUT2D eigenvalue weighted by molar-refractivity contribution is -0.150. The molecule has 2 N–H and O–H groups in total. The van der Waals surface area contributed by atoms with Crippen LogP contribution in [0.3, 0.4) is 0 Å². The van der Waals surface area contributed by atoms with Gasteiger partial charge in [-0.05, 0) is 89.9 Å². The summed E-state index contributed by atoms with van der Waals surface area (Å²) < 4.78 is 6.03. The van der Waals surface area contributed by atoms with Crippen LogP contribution in [0.4, 0.5) is 0 Å². The molecule has 0 aliphatic carbocycles. The molecule has 0 saturated carbocycles. The highest BCUT2D eigenvalue weighted by atomic mass is 16.5. The third-order valence-corrected chi connectivity index (χ3v) is 10.8. The van der Waals surface area contributed by atoms with Crippen LogP contribution in [0.15, 0.2) is 36.5 Å². The molecule has 0 radical (unpaired) electrons. The Hall–Kier alpha value is -2.37. The summed E-state index contributed by atoms with van der Waals surface area (Å²) >= 11 is 0. The van der Waals surface area contributed by atoms with Crippen LogP contribution < -0.4 is 5.32 Å². The second-order valence-corrected chi connectivity index (χ2v) is 16.4. The Balaban J connectivity index is 4.04. The van der Waals surface area contributed by atoms with Crippen LogP contribution in [0.25, 0.3) is 0 Å². The molecule has 56 heavy (non-hydrogen) atoms. The van der Waals surface area contributed by atoms with Crippen molar-refractivity contribution in [3.8, 4) is 0 Å². The number of hydrogen-bond acceptors (Lipinski definition) is 4. The van der Waals surface area contributed by atoms with Crippen LogP contribution >= 0.6 is 0 Å². The molecule has 1 atom stereocenters. The summed E-state index contributed by atoms with van der Waals surface area (Å²) in [5, 5.41) is 11.1. The number of unbranched alkanes of at least 4 members (excludes halogenated alkanes) is 27. The van der Waals surface area contributed by atoms with Crippen LogP contribution in [0.5, 0.6) is 0 Å². The zero-order valence-electron chi connectivity index (χ0n) is 37.0. The molecule has 1 amide bonds. The van der Waals surface area contributed by atoms with Gasteiger partial charge in [0.15, 0.2) is 0 Å². The van der Waals surface area contributed by atoms with E-state index in [9.17, 15) is 14.4 Å². The summed E-state index contributed by atoms with van der Waals surface area (Å²) in [6, 6.07) is 0. The number of amides is 1. The number of carbonyl (C=O) groups is 3. The van der Waals surface area contributed by atoms with Gasteiger partial charge in [-0.2, -0.15) is 0 Å². The Morgan fingerprint density at radius 3 is 1.32 bits per heavy atom. The predicted octanol–water partition coefficient (Wildman–Crippen LogP) is 15.2. The molecule has 0 aromatic rings. The Morgan fingerprint density at radius 2 is 0.839 bits per heavy atom. The number of nitrogens with one attached hydrogen (secondary N) is 1. The van der Waals surface area contributed by atoms with Crippen LogP contribution in [0.2, 0.25) is 0 Å². The third-order valence-electron chi connectivity index (χ3n) is 10.8. The monoisotopic (exact) mass is 786 g/mol. The van der Waals surface area contributed by atoms with Crippen molar-refractivity contribution < 1.29 is 24.2 Å². The highest BCUT2D eigenvalue weighted by Crippen LogP contribution is 2.18. The number of rotatable bonds is 44. The number of carboxylic acids is 1. The fourth-order valence-corrected chi connectivity index (χ4v) is 7.19. The number of allylic oxidation sites excluding steroid dienone is 6. The highest BCUT2D eigenvalue weighted by molar-refractivity contribution is 5.80. The number of hydrogen-bond donors (Lipinski definition) is 2. The van der Waals surface area contributed by atoms with E-state index in [2.05, 4.69) is 55.6 Å². The van der Waals surface area contributed by atoms with Gasteiger partial charge in [0.1, 0.15) is 12.6 Å². The van der Waals surface area contributed by atoms with Crippen molar-refractivity contribution in [2.24, 2.45) is 0 Å². The van der Waals surface area contributed by atoms with Gasteiger partial charge in [0.25, 0.3) is 0 Å². The molecular formula is C50H91NO5. The van der Waals surface area contributed by atoms with Crippen molar-refractivity contribution in [2.75, 3.05) is 6.54 Å². The molecular weight excluding hydrogens is 695 g/mol. The summed E-state index contributed by atoms with van der Waals surface area (Å²) in [6.07, 6.45) is 57.1. The molecule has 326 valence electrons. The zero-order valence-corrected chi connectivity index (χ0v) is 37.0. The third kappa shape index (κ3) is 44.3. The molecule has 0 aromatic carbocycles. The fraction of sp³-hybridized carbons (Fsp3) is 0.820. The lowest BCUT2D eigenvalue weighted by Gasteiger charge is -2.18. The van der Waals surface area contributed by atoms with E-state index in [4.69, 9.17) is 9.84 Å². The second-order valence-electron chi connectivity index (χ2n) is 16.4. The molecule has 6 heteroatoms. The average molecular weight is 786 g/mol. The lowest BCUT2D eigenvalue weighted by Crippen LogP contribution is -2.28. The Morgan fingerprint density at radius 1 is 0.464 bits per heavy atom. The van der Waals surface area contributed by atoms with Crippen molar-refractivity contribution >= 4 is 17.8 Å². The van der Waals surface area contributed by atoms with Crippen molar-refractivity contribution in [1.29, 1.82) is 0 Å². The summed E-state index contributed by atoms with van der Waals surface area (Å²) in [7, 11) is 0. The second kappa shape index (κ2) is 45.3. The maximum Gasteiger partial charge on any atom is 0.322 e. The smallest absolute Gasteiger partial charge is 0.322 e. The standard InChI is InChI=1S/C50H91NO5/c1-3-5-7-9-11-13-15-16-17-18-19-20-21-22-23-24-25-26-28-30-32-37-41-45-50(55)56-47(42-38-34-31-29-27-14-12-10-8-6-4-2)43-39-35-33-36-40-44-48(52)51-46-49(53)54/h15-16,18-19,29,31,47H,3-14,17,20-28,30,32-46H2,1-2H3,(H,51,52)(H,53,54)/b16-15-,19-18-,31-29-. The first kappa shape index (κ1) is 53.6. The molecule has 0 heterocycles. The largest absolute Gasteiger partial charge is 0.480 e. The topological polar surface area (TPSA) is 92.7 Å². The van der Waals surface area contributed by atoms with Crippen molar-refractivity contribution in [2.45, 2.75) is 258 Å². The number of aliphatic carboxylic acids is 1. The summed E-state index contributed by atoms with van der Waals surface area (Å²) in [5.41, 5.74) is 0. The van der Waals surface area contributed by atoms with Crippen LogP contribution in [0, 0.1) is 0 Å². The molecule has 6 nitrogen and oxygen atoms in total. The van der Waals surface area contributed by atoms with E-state index in [1.54, 1.807) is 0 Å². The van der Waals surface area contributed by atoms with E-state index in [1.165, 1.54) is 148 Å². The zero-order chi connectivity index (χ0) is 40.8. The summed E-state index contributed by atoms with van der Waals surface area (Å²) in [6.45, 7) is 4.22. The SMILES string of the molecule is CCCCCCC/C=C\C/C=C\CCCCCCCCCCCCCC(=O)OC(CCC/C=C\CCCCCCCC)CCCCCCCC(=O)NCC(=O)O. The van der Waals surface area contributed by atoms with Gasteiger partial charge in [0, 0.05) is 12.8 Å². The molecule has 0 bridgehead atoms. The minimum absolute atomic E-state index is 0.00492. The summed E-state index contributed by atoms with van der Waals surface area (Å²) in [5.74, 6) is -1.24. The maximum absolute atomic E-state index is 12.8. The quantitative estimate of drug-likeness (QED) is 0.0364. The first-order valence-corrected chi connectivity index (χ1v) is 24.1. The number of ether oxygens (including phenoxy) is 1. The lowest BCUT2D eigenvalue weighted by atomic mass is 10.0.